The van der Waals surface area contributed by atoms with Crippen molar-refractivity contribution in [3.05, 3.63) is 28.6 Å². The molecule has 0 saturated heterocycles. The number of nitrogens with one attached hydrogen (secondary N) is 1. The number of anilines is 1. The van der Waals surface area contributed by atoms with E-state index in [9.17, 15) is 10.1 Å². The zero-order valence-electron chi connectivity index (χ0n) is 6.73. The van der Waals surface area contributed by atoms with Crippen LogP contribution in [0.25, 0.3) is 0 Å². The van der Waals surface area contributed by atoms with Crippen LogP contribution in [0.4, 0.5) is 11.4 Å². The van der Waals surface area contributed by atoms with Gasteiger partial charge in [0.15, 0.2) is 0 Å². The van der Waals surface area contributed by atoms with Gasteiger partial charge in [-0.2, -0.15) is 0 Å². The molecule has 66 valence electrons. The normalized spacial score (nSPS) is 8.85. The first kappa shape index (κ1) is 9.00. The van der Waals surface area contributed by atoms with Crippen molar-refractivity contribution in [1.82, 2.24) is 4.98 Å². The zero-order valence-corrected chi connectivity index (χ0v) is 6.73. The molecule has 0 amide bonds. The molecule has 0 aliphatic carbocycles. The van der Waals surface area contributed by atoms with Crippen molar-refractivity contribution in [2.24, 2.45) is 0 Å². The summed E-state index contributed by atoms with van der Waals surface area (Å²) in [5.41, 5.74) is 0.315. The second-order valence-electron chi connectivity index (χ2n) is 2.21. The topological polar surface area (TPSA) is 68.1 Å². The molecule has 0 fully saturated rings. The van der Waals surface area contributed by atoms with E-state index >= 15 is 0 Å². The Kier molecular flexibility index (Phi) is 2.82. The fraction of sp³-hybridized carbons (Fsp3) is 0.125. The maximum absolute atomic E-state index is 10.5. The quantitative estimate of drug-likeness (QED) is 0.425. The summed E-state index contributed by atoms with van der Waals surface area (Å²) >= 11 is 0. The summed E-state index contributed by atoms with van der Waals surface area (Å²) in [5, 5.41) is 13.2. The van der Waals surface area contributed by atoms with Crippen LogP contribution in [-0.2, 0) is 0 Å². The van der Waals surface area contributed by atoms with Crippen molar-refractivity contribution in [3.8, 4) is 12.3 Å². The molecule has 0 aromatic carbocycles. The molecule has 0 aliphatic heterocycles. The monoisotopic (exact) mass is 177 g/mol. The van der Waals surface area contributed by atoms with Crippen LogP contribution in [0.1, 0.15) is 0 Å². The third-order valence-electron chi connectivity index (χ3n) is 1.38. The van der Waals surface area contributed by atoms with E-state index in [2.05, 4.69) is 16.2 Å². The van der Waals surface area contributed by atoms with E-state index in [1.165, 1.54) is 18.5 Å². The Morgan fingerprint density at radius 3 is 3.15 bits per heavy atom. The van der Waals surface area contributed by atoms with Crippen molar-refractivity contribution < 1.29 is 4.92 Å². The average molecular weight is 177 g/mol. The van der Waals surface area contributed by atoms with Crippen LogP contribution in [-0.4, -0.2) is 16.5 Å². The maximum Gasteiger partial charge on any atom is 0.310 e. The third kappa shape index (κ3) is 2.17. The van der Waals surface area contributed by atoms with Crippen LogP contribution >= 0.6 is 0 Å². The molecule has 0 spiro atoms. The molecule has 0 radical (unpaired) electrons. The number of pyridine rings is 1. The Bertz CT molecular complexity index is 357. The van der Waals surface area contributed by atoms with Crippen LogP contribution < -0.4 is 5.32 Å². The van der Waals surface area contributed by atoms with Crippen molar-refractivity contribution in [2.75, 3.05) is 11.9 Å². The summed E-state index contributed by atoms with van der Waals surface area (Å²) in [6.45, 7) is 0.255. The van der Waals surface area contributed by atoms with E-state index in [0.717, 1.165) is 0 Å². The van der Waals surface area contributed by atoms with E-state index in [1.54, 1.807) is 0 Å². The Morgan fingerprint density at radius 1 is 1.77 bits per heavy atom. The molecule has 1 aromatic heterocycles. The lowest BCUT2D eigenvalue weighted by Gasteiger charge is -2.01. The van der Waals surface area contributed by atoms with Gasteiger partial charge in [0.2, 0.25) is 0 Å². The van der Waals surface area contributed by atoms with E-state index < -0.39 is 4.92 Å². The average Bonchev–Trinajstić information content (AvgIpc) is 2.15. The van der Waals surface area contributed by atoms with Gasteiger partial charge in [-0.3, -0.25) is 15.1 Å². The van der Waals surface area contributed by atoms with E-state index in [0.29, 0.717) is 5.69 Å². The van der Waals surface area contributed by atoms with Gasteiger partial charge in [-0.15, -0.1) is 6.42 Å². The van der Waals surface area contributed by atoms with Gasteiger partial charge in [0.25, 0.3) is 0 Å². The van der Waals surface area contributed by atoms with Crippen LogP contribution in [0.3, 0.4) is 0 Å². The predicted octanol–water partition coefficient (Wildman–Crippen LogP) is 1.03. The predicted molar refractivity (Wildman–Crippen MR) is 48.2 cm³/mol. The summed E-state index contributed by atoms with van der Waals surface area (Å²) in [6, 6.07) is 1.51. The van der Waals surface area contributed by atoms with E-state index in [4.69, 9.17) is 6.42 Å². The fourth-order valence-corrected chi connectivity index (χ4v) is 0.827. The molecule has 0 saturated carbocycles. The summed E-state index contributed by atoms with van der Waals surface area (Å²) in [7, 11) is 0. The Balaban J connectivity index is 2.92. The van der Waals surface area contributed by atoms with E-state index in [-0.39, 0.29) is 12.2 Å². The molecular formula is C8H7N3O2. The summed E-state index contributed by atoms with van der Waals surface area (Å²) in [4.78, 5) is 13.6. The highest BCUT2D eigenvalue weighted by atomic mass is 16.6. The number of aromatic nitrogens is 1. The van der Waals surface area contributed by atoms with Crippen LogP contribution in [0.5, 0.6) is 0 Å². The highest BCUT2D eigenvalue weighted by Gasteiger charge is 2.11. The lowest BCUT2D eigenvalue weighted by atomic mass is 10.3. The van der Waals surface area contributed by atoms with Gasteiger partial charge >= 0.3 is 5.69 Å². The van der Waals surface area contributed by atoms with E-state index in [1.807, 2.05) is 0 Å². The second kappa shape index (κ2) is 4.07. The summed E-state index contributed by atoms with van der Waals surface area (Å²) < 4.78 is 0. The summed E-state index contributed by atoms with van der Waals surface area (Å²) in [6.07, 6.45) is 7.65. The molecular weight excluding hydrogens is 170 g/mol. The molecule has 5 heteroatoms. The van der Waals surface area contributed by atoms with Crippen LogP contribution in [0.2, 0.25) is 0 Å². The number of nitrogens with zero attached hydrogens (tertiary/aromatic N) is 2. The van der Waals surface area contributed by atoms with Gasteiger partial charge in [0.05, 0.1) is 11.5 Å². The minimum Gasteiger partial charge on any atom is -0.368 e. The maximum atomic E-state index is 10.5. The van der Waals surface area contributed by atoms with Crippen LogP contribution in [0, 0.1) is 22.5 Å². The number of hydrogen-bond acceptors (Lipinski definition) is 4. The lowest BCUT2D eigenvalue weighted by Crippen LogP contribution is -2.02. The smallest absolute Gasteiger partial charge is 0.310 e. The number of rotatable bonds is 3. The first-order chi connectivity index (χ1) is 6.25. The van der Waals surface area contributed by atoms with Gasteiger partial charge in [-0.05, 0) is 6.07 Å². The van der Waals surface area contributed by atoms with Gasteiger partial charge in [-0.1, -0.05) is 5.92 Å². The molecule has 1 aromatic rings. The molecule has 0 atom stereocenters. The largest absolute Gasteiger partial charge is 0.368 e. The fourth-order valence-electron chi connectivity index (χ4n) is 0.827. The highest BCUT2D eigenvalue weighted by molar-refractivity contribution is 5.59. The number of nitro groups is 1. The Hall–Kier alpha value is -2.09. The number of hydrogen-bond donors (Lipinski definition) is 1. The standard InChI is InChI=1S/C8H7N3O2/c1-2-4-10-7-3-5-9-6-8(7)11(12)13/h1,3,5-6H,4H2,(H,9,10). The molecule has 1 N–H and O–H groups in total. The Morgan fingerprint density at radius 2 is 2.54 bits per heavy atom. The van der Waals surface area contributed by atoms with Crippen molar-refractivity contribution >= 4 is 11.4 Å². The molecule has 0 bridgehead atoms. The van der Waals surface area contributed by atoms with Crippen LogP contribution in [0.15, 0.2) is 18.5 Å². The lowest BCUT2D eigenvalue weighted by molar-refractivity contribution is -0.384. The van der Waals surface area contributed by atoms with Crippen molar-refractivity contribution in [1.29, 1.82) is 0 Å². The minimum absolute atomic E-state index is 0.0715. The number of terminal acetylenes is 1. The Labute approximate surface area is 74.9 Å². The molecule has 0 unspecified atom stereocenters. The van der Waals surface area contributed by atoms with Gasteiger partial charge < -0.3 is 5.32 Å². The minimum atomic E-state index is -0.508. The third-order valence-corrected chi connectivity index (χ3v) is 1.38. The molecule has 1 heterocycles. The molecule has 5 nitrogen and oxygen atoms in total. The van der Waals surface area contributed by atoms with Crippen molar-refractivity contribution in [2.45, 2.75) is 0 Å². The molecule has 0 aliphatic rings. The first-order valence-corrected chi connectivity index (χ1v) is 3.51. The summed E-state index contributed by atoms with van der Waals surface area (Å²) in [5.74, 6) is 2.33. The molecule has 13 heavy (non-hydrogen) atoms. The second-order valence-corrected chi connectivity index (χ2v) is 2.21. The molecule has 1 rings (SSSR count). The van der Waals surface area contributed by atoms with Gasteiger partial charge in [0, 0.05) is 6.20 Å². The zero-order chi connectivity index (χ0) is 9.68. The highest BCUT2D eigenvalue weighted by Crippen LogP contribution is 2.21. The SMILES string of the molecule is C#CCNc1ccncc1[N+](=O)[O-]. The van der Waals surface area contributed by atoms with Gasteiger partial charge in [-0.25, -0.2) is 0 Å². The van der Waals surface area contributed by atoms with Crippen molar-refractivity contribution in [3.63, 3.8) is 0 Å². The first-order valence-electron chi connectivity index (χ1n) is 3.51. The van der Waals surface area contributed by atoms with Gasteiger partial charge in [0.1, 0.15) is 11.9 Å².